The van der Waals surface area contributed by atoms with Crippen molar-refractivity contribution < 1.29 is 21.0 Å². The molecule has 4 N–H and O–H groups in total. The van der Waals surface area contributed by atoms with Crippen LogP contribution in [0.2, 0.25) is 0 Å². The molecule has 0 aromatic rings. The van der Waals surface area contributed by atoms with E-state index in [1.54, 1.807) is 0 Å². The highest BCUT2D eigenvalue weighted by Crippen LogP contribution is 0.743. The van der Waals surface area contributed by atoms with Crippen molar-refractivity contribution in [3.05, 3.63) is 19.9 Å². The Kier molecular flexibility index (Phi) is 8930. The minimum absolute atomic E-state index is 0. The quantitative estimate of drug-likeness (QED) is 0.341. The first kappa shape index (κ1) is 120. The van der Waals surface area contributed by atoms with Crippen LogP contribution in [-0.2, 0) is 0 Å². The fourth-order valence-corrected chi connectivity index (χ4v) is 0. The zero-order valence-corrected chi connectivity index (χ0v) is 3.42. The SMILES string of the molecule is C.C.C.C.O=O.O=O.OO.OO. The topological polar surface area (TPSA) is 149 Å². The molecular weight excluding hydrogens is 176 g/mol. The van der Waals surface area contributed by atoms with Gasteiger partial charge >= 0.3 is 0 Å². The molecule has 0 radical (unpaired) electrons. The number of rotatable bonds is 0. The van der Waals surface area contributed by atoms with E-state index in [0.29, 0.717) is 0 Å². The van der Waals surface area contributed by atoms with Gasteiger partial charge in [-0.3, -0.25) is 21.0 Å². The fraction of sp³-hybridized carbons (Fsp3) is 1.00. The van der Waals surface area contributed by atoms with Gasteiger partial charge in [-0.05, 0) is 0 Å². The molecule has 0 unspecified atom stereocenters. The minimum Gasteiger partial charge on any atom is -0.255 e. The van der Waals surface area contributed by atoms with Gasteiger partial charge in [-0.25, -0.2) is 0 Å². The lowest BCUT2D eigenvalue weighted by Crippen LogP contribution is -1.29. The molecule has 0 aliphatic rings. The first-order valence-corrected chi connectivity index (χ1v) is 0.733. The Morgan fingerprint density at radius 3 is 0.417 bits per heavy atom. The maximum Gasteiger partial charge on any atom is 0 e. The predicted molar refractivity (Wildman–Crippen MR) is 50.9 cm³/mol. The van der Waals surface area contributed by atoms with Crippen molar-refractivity contribution in [3.8, 4) is 0 Å². The van der Waals surface area contributed by atoms with Crippen LogP contribution in [0.1, 0.15) is 29.7 Å². The van der Waals surface area contributed by atoms with Gasteiger partial charge in [-0.15, -0.1) is 0 Å². The first-order chi connectivity index (χ1) is 4.00. The van der Waals surface area contributed by atoms with Gasteiger partial charge in [0.05, 0.1) is 0 Å². The predicted octanol–water partition coefficient (Wildman–Crippen LogP) is 2.71. The molecule has 0 atom stereocenters. The van der Waals surface area contributed by atoms with Crippen LogP contribution in [0.15, 0.2) is 0 Å². The van der Waals surface area contributed by atoms with Gasteiger partial charge in [0, 0.05) is 19.9 Å². The smallest absolute Gasteiger partial charge is 0 e. The molecular formula is C4H20O8. The zero-order valence-electron chi connectivity index (χ0n) is 3.42. The molecule has 8 heteroatoms. The third-order valence-electron chi connectivity index (χ3n) is 0. The highest BCUT2D eigenvalue weighted by molar-refractivity contribution is 4.08. The van der Waals surface area contributed by atoms with Crippen molar-refractivity contribution in [3.63, 3.8) is 0 Å². The molecule has 0 saturated heterocycles. The van der Waals surface area contributed by atoms with Crippen molar-refractivity contribution in [1.82, 2.24) is 0 Å². The van der Waals surface area contributed by atoms with E-state index in [4.69, 9.17) is 40.9 Å². The lowest BCUT2D eigenvalue weighted by atomic mass is 12.0. The fourth-order valence-electron chi connectivity index (χ4n) is 0. The van der Waals surface area contributed by atoms with E-state index in [-0.39, 0.29) is 29.7 Å². The van der Waals surface area contributed by atoms with Gasteiger partial charge in [0.15, 0.2) is 0 Å². The van der Waals surface area contributed by atoms with Crippen molar-refractivity contribution in [2.75, 3.05) is 0 Å². The van der Waals surface area contributed by atoms with Gasteiger partial charge in [0.25, 0.3) is 0 Å². The van der Waals surface area contributed by atoms with Crippen LogP contribution in [0.3, 0.4) is 0 Å². The monoisotopic (exact) mass is 196 g/mol. The highest BCUT2D eigenvalue weighted by Gasteiger charge is 0.748. The summed E-state index contributed by atoms with van der Waals surface area (Å²) in [6.45, 7) is 0. The van der Waals surface area contributed by atoms with Crippen LogP contribution in [0.4, 0.5) is 0 Å². The Morgan fingerprint density at radius 1 is 0.417 bits per heavy atom. The van der Waals surface area contributed by atoms with E-state index in [1.165, 1.54) is 0 Å². The maximum atomic E-state index is 7.00. The Hall–Kier alpha value is -0.960. The van der Waals surface area contributed by atoms with Crippen LogP contribution in [0, 0.1) is 19.9 Å². The summed E-state index contributed by atoms with van der Waals surface area (Å²) in [6.07, 6.45) is 0. The van der Waals surface area contributed by atoms with E-state index in [1.807, 2.05) is 0 Å². The second-order valence-corrected chi connectivity index (χ2v) is 0. The summed E-state index contributed by atoms with van der Waals surface area (Å²) < 4.78 is 0. The molecule has 0 rings (SSSR count). The maximum absolute atomic E-state index is 7.00. The number of hydrogen-bond acceptors (Lipinski definition) is 8. The summed E-state index contributed by atoms with van der Waals surface area (Å²) in [6, 6.07) is 0. The number of hydrogen-bond donors (Lipinski definition) is 4. The summed E-state index contributed by atoms with van der Waals surface area (Å²) in [5.41, 5.74) is 0. The summed E-state index contributed by atoms with van der Waals surface area (Å²) in [7, 11) is 0. The molecule has 0 heterocycles. The summed E-state index contributed by atoms with van der Waals surface area (Å²) in [5, 5.41) is 24.0. The van der Waals surface area contributed by atoms with Crippen LogP contribution < -0.4 is 0 Å². The molecule has 0 spiro atoms. The largest absolute Gasteiger partial charge is 0.255 e. The van der Waals surface area contributed by atoms with E-state index < -0.39 is 0 Å². The molecule has 0 amide bonds. The Labute approximate surface area is 71.8 Å². The first-order valence-electron chi connectivity index (χ1n) is 0.733. The van der Waals surface area contributed by atoms with Crippen molar-refractivity contribution in [1.29, 1.82) is 0 Å². The second kappa shape index (κ2) is 890. The summed E-state index contributed by atoms with van der Waals surface area (Å²) in [5.74, 6) is 0. The Bertz CT molecular complexity index is 13.0. The van der Waals surface area contributed by atoms with Gasteiger partial charge < -0.3 is 0 Å². The Balaban J connectivity index is -0.00000000267. The molecule has 0 fully saturated rings. The van der Waals surface area contributed by atoms with Gasteiger partial charge in [0.2, 0.25) is 0 Å². The molecule has 0 aromatic carbocycles. The average molecular weight is 196 g/mol. The molecule has 0 bridgehead atoms. The molecule has 8 nitrogen and oxygen atoms in total. The lowest BCUT2D eigenvalue weighted by Gasteiger charge is -1.25. The molecule has 0 aliphatic carbocycles. The third-order valence-corrected chi connectivity index (χ3v) is 0. The van der Waals surface area contributed by atoms with Crippen molar-refractivity contribution >= 4 is 0 Å². The van der Waals surface area contributed by atoms with Crippen LogP contribution in [0.5, 0.6) is 0 Å². The molecule has 84 valence electrons. The van der Waals surface area contributed by atoms with Crippen molar-refractivity contribution in [2.24, 2.45) is 0 Å². The molecule has 0 aromatic heterocycles. The highest BCUT2D eigenvalue weighted by atomic mass is 17.0. The molecule has 12 heavy (non-hydrogen) atoms. The van der Waals surface area contributed by atoms with Gasteiger partial charge in [-0.1, -0.05) is 29.7 Å². The normalized spacial score (nSPS) is 1.67. The van der Waals surface area contributed by atoms with E-state index in [9.17, 15) is 0 Å². The van der Waals surface area contributed by atoms with E-state index in [2.05, 4.69) is 0 Å². The summed E-state index contributed by atoms with van der Waals surface area (Å²) >= 11 is 0. The van der Waals surface area contributed by atoms with E-state index >= 15 is 0 Å². The Morgan fingerprint density at radius 2 is 0.417 bits per heavy atom. The zero-order chi connectivity index (χ0) is 8.00. The average Bonchev–Trinajstić information content (AvgIpc) is 2.03. The standard InChI is InChI=1S/4CH4.2H2O2.2O2/c;;;;4*1-2/h4*1H4;2*1-2H;;. The van der Waals surface area contributed by atoms with Crippen LogP contribution in [-0.4, -0.2) is 21.0 Å². The third kappa shape index (κ3) is 634. The minimum atomic E-state index is 0. The summed E-state index contributed by atoms with van der Waals surface area (Å²) in [4.78, 5) is 28.0. The van der Waals surface area contributed by atoms with E-state index in [0.717, 1.165) is 0 Å². The molecule has 0 saturated carbocycles. The van der Waals surface area contributed by atoms with Crippen molar-refractivity contribution in [2.45, 2.75) is 29.7 Å². The van der Waals surface area contributed by atoms with Gasteiger partial charge in [0.1, 0.15) is 0 Å². The second-order valence-electron chi connectivity index (χ2n) is 0. The molecule has 0 aliphatic heterocycles. The van der Waals surface area contributed by atoms with Crippen LogP contribution >= 0.6 is 0 Å². The van der Waals surface area contributed by atoms with Crippen LogP contribution in [0.25, 0.3) is 0 Å². The lowest BCUT2D eigenvalue weighted by molar-refractivity contribution is -0.176. The van der Waals surface area contributed by atoms with Gasteiger partial charge in [-0.2, -0.15) is 0 Å².